The second-order valence-corrected chi connectivity index (χ2v) is 6.64. The molecule has 0 spiro atoms. The molecule has 0 heterocycles. The lowest BCUT2D eigenvalue weighted by Gasteiger charge is -2.12. The van der Waals surface area contributed by atoms with Crippen LogP contribution < -0.4 is 5.32 Å². The highest BCUT2D eigenvalue weighted by Gasteiger charge is 2.09. The summed E-state index contributed by atoms with van der Waals surface area (Å²) < 4.78 is 35.4. The molecule has 0 fully saturated rings. The first kappa shape index (κ1) is 14.1. The van der Waals surface area contributed by atoms with Crippen molar-refractivity contribution in [3.63, 3.8) is 0 Å². The molecular weight excluding hydrogens is 241 g/mol. The largest absolute Gasteiger partial charge is 0.309 e. The van der Waals surface area contributed by atoms with Crippen molar-refractivity contribution in [1.82, 2.24) is 5.32 Å². The second-order valence-electron chi connectivity index (χ2n) is 4.46. The molecule has 0 aliphatic rings. The molecule has 96 valence electrons. The minimum Gasteiger partial charge on any atom is -0.309 e. The maximum Gasteiger partial charge on any atom is 0.148 e. The lowest BCUT2D eigenvalue weighted by molar-refractivity contribution is 0.557. The Morgan fingerprint density at radius 3 is 2.59 bits per heavy atom. The number of nitrogens with one attached hydrogen (secondary N) is 1. The van der Waals surface area contributed by atoms with Gasteiger partial charge >= 0.3 is 0 Å². The first-order chi connectivity index (χ1) is 7.78. The van der Waals surface area contributed by atoms with E-state index >= 15 is 0 Å². The molecule has 0 bridgehead atoms. The molecule has 5 heteroatoms. The number of hydrogen-bond acceptors (Lipinski definition) is 3. The fourth-order valence-corrected chi connectivity index (χ4v) is 2.58. The summed E-state index contributed by atoms with van der Waals surface area (Å²) >= 11 is 0. The maximum absolute atomic E-state index is 13.3. The van der Waals surface area contributed by atoms with E-state index in [0.29, 0.717) is 12.1 Å². The van der Waals surface area contributed by atoms with Crippen LogP contribution in [0.25, 0.3) is 0 Å². The summed E-state index contributed by atoms with van der Waals surface area (Å²) in [6.07, 6.45) is 1.21. The van der Waals surface area contributed by atoms with Crippen LogP contribution in [0.1, 0.15) is 18.1 Å². The fourth-order valence-electron chi connectivity index (χ4n) is 1.55. The SMILES string of the molecule is Cc1ccc(CNC(C)CS(C)(=O)=O)cc1F. The third-order valence-electron chi connectivity index (χ3n) is 2.44. The quantitative estimate of drug-likeness (QED) is 0.874. The van der Waals surface area contributed by atoms with Gasteiger partial charge in [0.2, 0.25) is 0 Å². The molecule has 1 N–H and O–H groups in total. The third-order valence-corrected chi connectivity index (χ3v) is 3.55. The zero-order valence-electron chi connectivity index (χ0n) is 10.3. The topological polar surface area (TPSA) is 46.2 Å². The summed E-state index contributed by atoms with van der Waals surface area (Å²) in [4.78, 5) is 0. The summed E-state index contributed by atoms with van der Waals surface area (Å²) in [6.45, 7) is 3.97. The van der Waals surface area contributed by atoms with Crippen molar-refractivity contribution in [1.29, 1.82) is 0 Å². The van der Waals surface area contributed by atoms with Crippen LogP contribution in [-0.4, -0.2) is 26.5 Å². The van der Waals surface area contributed by atoms with Gasteiger partial charge in [0.05, 0.1) is 5.75 Å². The Bertz CT molecular complexity index is 485. The lowest BCUT2D eigenvalue weighted by Crippen LogP contribution is -2.32. The van der Waals surface area contributed by atoms with Gasteiger partial charge in [-0.1, -0.05) is 12.1 Å². The van der Waals surface area contributed by atoms with E-state index < -0.39 is 9.84 Å². The van der Waals surface area contributed by atoms with Gasteiger partial charge in [-0.25, -0.2) is 12.8 Å². The molecule has 1 unspecified atom stereocenters. The van der Waals surface area contributed by atoms with Gasteiger partial charge in [0.1, 0.15) is 15.7 Å². The van der Waals surface area contributed by atoms with E-state index in [4.69, 9.17) is 0 Å². The normalized spacial score (nSPS) is 13.6. The van der Waals surface area contributed by atoms with E-state index in [1.807, 2.05) is 6.07 Å². The van der Waals surface area contributed by atoms with Crippen molar-refractivity contribution < 1.29 is 12.8 Å². The highest BCUT2D eigenvalue weighted by atomic mass is 32.2. The number of halogens is 1. The number of benzene rings is 1. The zero-order chi connectivity index (χ0) is 13.1. The Balaban J connectivity index is 2.53. The molecule has 0 saturated carbocycles. The molecule has 17 heavy (non-hydrogen) atoms. The highest BCUT2D eigenvalue weighted by molar-refractivity contribution is 7.90. The van der Waals surface area contributed by atoms with Gasteiger partial charge in [0.25, 0.3) is 0 Å². The molecule has 0 aliphatic carbocycles. The van der Waals surface area contributed by atoms with Gasteiger partial charge in [-0.3, -0.25) is 0 Å². The number of sulfone groups is 1. The van der Waals surface area contributed by atoms with Crippen molar-refractivity contribution >= 4 is 9.84 Å². The van der Waals surface area contributed by atoms with Crippen LogP contribution >= 0.6 is 0 Å². The molecule has 0 radical (unpaired) electrons. The number of hydrogen-bond donors (Lipinski definition) is 1. The predicted octanol–water partition coefficient (Wildman–Crippen LogP) is 1.66. The zero-order valence-corrected chi connectivity index (χ0v) is 11.1. The van der Waals surface area contributed by atoms with Crippen molar-refractivity contribution in [2.24, 2.45) is 0 Å². The van der Waals surface area contributed by atoms with Crippen molar-refractivity contribution in [3.8, 4) is 0 Å². The highest BCUT2D eigenvalue weighted by Crippen LogP contribution is 2.09. The number of aryl methyl sites for hydroxylation is 1. The van der Waals surface area contributed by atoms with E-state index in [-0.39, 0.29) is 17.6 Å². The van der Waals surface area contributed by atoms with Gasteiger partial charge < -0.3 is 5.32 Å². The first-order valence-corrected chi connectivity index (χ1v) is 7.50. The monoisotopic (exact) mass is 259 g/mol. The number of rotatable bonds is 5. The summed E-state index contributed by atoms with van der Waals surface area (Å²) in [6, 6.07) is 4.87. The van der Waals surface area contributed by atoms with Crippen molar-refractivity contribution in [2.75, 3.05) is 12.0 Å². The predicted molar refractivity (Wildman–Crippen MR) is 67.1 cm³/mol. The summed E-state index contributed by atoms with van der Waals surface area (Å²) in [7, 11) is -2.98. The average molecular weight is 259 g/mol. The van der Waals surface area contributed by atoms with E-state index in [9.17, 15) is 12.8 Å². The summed E-state index contributed by atoms with van der Waals surface area (Å²) in [5.74, 6) is -0.151. The van der Waals surface area contributed by atoms with E-state index in [2.05, 4.69) is 5.32 Å². The Kier molecular flexibility index (Phi) is 4.65. The van der Waals surface area contributed by atoms with E-state index in [0.717, 1.165) is 5.56 Å². The van der Waals surface area contributed by atoms with Crippen LogP contribution in [0.5, 0.6) is 0 Å². The van der Waals surface area contributed by atoms with Crippen LogP contribution in [0.3, 0.4) is 0 Å². The van der Waals surface area contributed by atoms with Crippen LogP contribution in [0.4, 0.5) is 4.39 Å². The molecule has 1 rings (SSSR count). The van der Waals surface area contributed by atoms with Gasteiger partial charge in [-0.2, -0.15) is 0 Å². The Morgan fingerprint density at radius 1 is 1.41 bits per heavy atom. The van der Waals surface area contributed by atoms with Gasteiger partial charge in [-0.05, 0) is 31.0 Å². The van der Waals surface area contributed by atoms with E-state index in [1.54, 1.807) is 19.9 Å². The Labute approximate surface area is 102 Å². The first-order valence-electron chi connectivity index (χ1n) is 5.44. The van der Waals surface area contributed by atoms with Gasteiger partial charge in [-0.15, -0.1) is 0 Å². The van der Waals surface area contributed by atoms with Crippen molar-refractivity contribution in [3.05, 3.63) is 35.1 Å². The maximum atomic E-state index is 13.3. The summed E-state index contributed by atoms with van der Waals surface area (Å²) in [5, 5.41) is 3.06. The lowest BCUT2D eigenvalue weighted by atomic mass is 10.1. The molecule has 0 aliphatic heterocycles. The average Bonchev–Trinajstić information content (AvgIpc) is 2.17. The Morgan fingerprint density at radius 2 is 2.06 bits per heavy atom. The smallest absolute Gasteiger partial charge is 0.148 e. The molecule has 1 aromatic rings. The van der Waals surface area contributed by atoms with Gasteiger partial charge in [0.15, 0.2) is 0 Å². The third kappa shape index (κ3) is 5.28. The second kappa shape index (κ2) is 5.60. The Hall–Kier alpha value is -0.940. The fraction of sp³-hybridized carbons (Fsp3) is 0.500. The van der Waals surface area contributed by atoms with Gasteiger partial charge in [0, 0.05) is 18.8 Å². The van der Waals surface area contributed by atoms with Crippen LogP contribution in [0.2, 0.25) is 0 Å². The molecule has 1 atom stereocenters. The van der Waals surface area contributed by atoms with E-state index in [1.165, 1.54) is 12.3 Å². The van der Waals surface area contributed by atoms with Crippen LogP contribution in [0, 0.1) is 12.7 Å². The molecule has 1 aromatic carbocycles. The summed E-state index contributed by atoms with van der Waals surface area (Å²) in [5.41, 5.74) is 1.42. The minimum atomic E-state index is -2.98. The molecule has 0 saturated heterocycles. The minimum absolute atomic E-state index is 0.0847. The standard InChI is InChI=1S/C12H18FNO2S/c1-9-4-5-11(6-12(9)13)7-14-10(2)8-17(3,15)16/h4-6,10,14H,7-8H2,1-3H3. The molecule has 3 nitrogen and oxygen atoms in total. The van der Waals surface area contributed by atoms with Crippen LogP contribution in [0.15, 0.2) is 18.2 Å². The molecular formula is C12H18FNO2S. The molecule has 0 aromatic heterocycles. The van der Waals surface area contributed by atoms with Crippen LogP contribution in [-0.2, 0) is 16.4 Å². The van der Waals surface area contributed by atoms with Crippen molar-refractivity contribution in [2.45, 2.75) is 26.4 Å². The molecule has 0 amide bonds.